The highest BCUT2D eigenvalue weighted by molar-refractivity contribution is 5.96. The number of hydrogen-bond donors (Lipinski definition) is 1. The van der Waals surface area contributed by atoms with Gasteiger partial charge in [0, 0.05) is 29.9 Å². The molecule has 1 aliphatic rings. The van der Waals surface area contributed by atoms with Gasteiger partial charge in [0.1, 0.15) is 12.0 Å². The number of rotatable bonds is 4. The second-order valence-corrected chi connectivity index (χ2v) is 5.72. The van der Waals surface area contributed by atoms with Crippen LogP contribution in [0.4, 0.5) is 22.9 Å². The first-order chi connectivity index (χ1) is 11.5. The van der Waals surface area contributed by atoms with Crippen LogP contribution in [0.15, 0.2) is 30.5 Å². The van der Waals surface area contributed by atoms with E-state index in [4.69, 9.17) is 0 Å². The van der Waals surface area contributed by atoms with Gasteiger partial charge < -0.3 is 10.2 Å². The first-order valence-corrected chi connectivity index (χ1v) is 7.81. The van der Waals surface area contributed by atoms with Crippen molar-refractivity contribution in [2.24, 2.45) is 0 Å². The molecule has 7 heteroatoms. The van der Waals surface area contributed by atoms with E-state index in [1.807, 2.05) is 25.1 Å². The molecule has 1 amide bonds. The summed E-state index contributed by atoms with van der Waals surface area (Å²) in [5.41, 5.74) is 3.47. The molecule has 3 rings (SSSR count). The summed E-state index contributed by atoms with van der Waals surface area (Å²) in [6.07, 6.45) is 2.49. The maximum atomic E-state index is 11.9. The number of nitro groups is 1. The van der Waals surface area contributed by atoms with Crippen LogP contribution in [-0.2, 0) is 11.2 Å². The highest BCUT2D eigenvalue weighted by atomic mass is 16.6. The third-order valence-electron chi connectivity index (χ3n) is 4.15. The van der Waals surface area contributed by atoms with Gasteiger partial charge in [-0.25, -0.2) is 4.98 Å². The van der Waals surface area contributed by atoms with Gasteiger partial charge in [0.25, 0.3) is 5.69 Å². The van der Waals surface area contributed by atoms with Crippen LogP contribution in [-0.4, -0.2) is 22.4 Å². The molecule has 0 aliphatic carbocycles. The monoisotopic (exact) mass is 326 g/mol. The number of pyridine rings is 1. The zero-order valence-corrected chi connectivity index (χ0v) is 13.6. The molecule has 0 saturated carbocycles. The van der Waals surface area contributed by atoms with E-state index >= 15 is 0 Å². The van der Waals surface area contributed by atoms with E-state index in [0.29, 0.717) is 30.8 Å². The topological polar surface area (TPSA) is 88.4 Å². The van der Waals surface area contributed by atoms with Crippen molar-refractivity contribution in [2.75, 3.05) is 16.8 Å². The molecule has 0 unspecified atom stereocenters. The van der Waals surface area contributed by atoms with Gasteiger partial charge in [-0.05, 0) is 50.1 Å². The van der Waals surface area contributed by atoms with Gasteiger partial charge in [-0.15, -0.1) is 0 Å². The number of hydrogen-bond acceptors (Lipinski definition) is 5. The van der Waals surface area contributed by atoms with E-state index in [9.17, 15) is 14.9 Å². The Labute approximate surface area is 139 Å². The van der Waals surface area contributed by atoms with E-state index in [1.165, 1.54) is 6.20 Å². The van der Waals surface area contributed by atoms with Crippen molar-refractivity contribution in [1.29, 1.82) is 0 Å². The molecule has 2 heterocycles. The molecule has 1 N–H and O–H groups in total. The Morgan fingerprint density at radius 1 is 1.33 bits per heavy atom. The van der Waals surface area contributed by atoms with Gasteiger partial charge in [-0.3, -0.25) is 14.9 Å². The van der Waals surface area contributed by atoms with Crippen molar-refractivity contribution in [1.82, 2.24) is 4.98 Å². The Kier molecular flexibility index (Phi) is 4.16. The van der Waals surface area contributed by atoms with E-state index in [2.05, 4.69) is 10.3 Å². The minimum Gasteiger partial charge on any atom is -0.340 e. The van der Waals surface area contributed by atoms with Crippen molar-refractivity contribution in [2.45, 2.75) is 26.7 Å². The summed E-state index contributed by atoms with van der Waals surface area (Å²) < 4.78 is 0. The molecular formula is C17H18N4O3. The lowest BCUT2D eigenvalue weighted by molar-refractivity contribution is -0.385. The van der Waals surface area contributed by atoms with Crippen molar-refractivity contribution in [3.8, 4) is 0 Å². The van der Waals surface area contributed by atoms with Crippen molar-refractivity contribution in [3.63, 3.8) is 0 Å². The minimum absolute atomic E-state index is 0.00286. The molecule has 0 fully saturated rings. The molecule has 0 bridgehead atoms. The zero-order valence-electron chi connectivity index (χ0n) is 13.6. The Morgan fingerprint density at radius 3 is 2.79 bits per heavy atom. The second kappa shape index (κ2) is 6.27. The number of benzene rings is 1. The van der Waals surface area contributed by atoms with E-state index < -0.39 is 4.92 Å². The molecule has 0 spiro atoms. The summed E-state index contributed by atoms with van der Waals surface area (Å²) in [4.78, 5) is 28.2. The van der Waals surface area contributed by atoms with Gasteiger partial charge in [0.2, 0.25) is 5.91 Å². The first-order valence-electron chi connectivity index (χ1n) is 7.81. The molecule has 0 atom stereocenters. The van der Waals surface area contributed by atoms with Crippen LogP contribution < -0.4 is 10.2 Å². The molecule has 0 radical (unpaired) electrons. The third kappa shape index (κ3) is 2.92. The van der Waals surface area contributed by atoms with E-state index in [-0.39, 0.29) is 11.6 Å². The molecule has 1 aromatic heterocycles. The molecule has 1 aromatic carbocycles. The molecule has 124 valence electrons. The highest BCUT2D eigenvalue weighted by Crippen LogP contribution is 2.31. The van der Waals surface area contributed by atoms with Gasteiger partial charge in [0.05, 0.1) is 4.92 Å². The Bertz CT molecular complexity index is 819. The minimum atomic E-state index is -0.443. The Balaban J connectivity index is 1.86. The summed E-state index contributed by atoms with van der Waals surface area (Å²) in [5, 5.41) is 14.0. The first kappa shape index (κ1) is 15.9. The Morgan fingerprint density at radius 2 is 2.12 bits per heavy atom. The average molecular weight is 326 g/mol. The summed E-state index contributed by atoms with van der Waals surface area (Å²) in [7, 11) is 0. The Hall–Kier alpha value is -2.96. The lowest BCUT2D eigenvalue weighted by Gasteiger charge is -2.28. The van der Waals surface area contributed by atoms with Crippen LogP contribution >= 0.6 is 0 Å². The fourth-order valence-corrected chi connectivity index (χ4v) is 2.94. The van der Waals surface area contributed by atoms with Gasteiger partial charge in [-0.1, -0.05) is 0 Å². The number of amides is 1. The smallest absolute Gasteiger partial charge is 0.290 e. The van der Waals surface area contributed by atoms with Crippen LogP contribution in [0.25, 0.3) is 0 Å². The molecule has 24 heavy (non-hydrogen) atoms. The maximum absolute atomic E-state index is 11.9. The second-order valence-electron chi connectivity index (χ2n) is 5.72. The van der Waals surface area contributed by atoms with Crippen molar-refractivity contribution < 1.29 is 9.72 Å². The van der Waals surface area contributed by atoms with Crippen molar-refractivity contribution in [3.05, 3.63) is 51.7 Å². The fraction of sp³-hybridized carbons (Fsp3) is 0.294. The fourth-order valence-electron chi connectivity index (χ4n) is 2.94. The van der Waals surface area contributed by atoms with Gasteiger partial charge in [0.15, 0.2) is 0 Å². The van der Waals surface area contributed by atoms with Gasteiger partial charge >= 0.3 is 0 Å². The van der Waals surface area contributed by atoms with Crippen LogP contribution in [0.3, 0.4) is 0 Å². The summed E-state index contributed by atoms with van der Waals surface area (Å²) >= 11 is 0. The standard InChI is InChI=1S/C17H18N4O3/c1-3-20-14-6-5-13(9-12(14)4-7-17(20)22)19-16-8-11(2)15(10-18-16)21(23)24/h5-6,8-10H,3-4,7H2,1-2H3,(H,18,19). The third-order valence-corrected chi connectivity index (χ3v) is 4.15. The van der Waals surface area contributed by atoms with E-state index in [1.54, 1.807) is 17.9 Å². The van der Waals surface area contributed by atoms with Crippen LogP contribution in [0, 0.1) is 17.0 Å². The number of anilines is 3. The predicted molar refractivity (Wildman–Crippen MR) is 91.7 cm³/mol. The zero-order chi connectivity index (χ0) is 17.3. The number of nitrogens with zero attached hydrogens (tertiary/aromatic N) is 3. The lowest BCUT2D eigenvalue weighted by Crippen LogP contribution is -2.34. The van der Waals surface area contributed by atoms with Crippen LogP contribution in [0.5, 0.6) is 0 Å². The average Bonchev–Trinajstić information content (AvgIpc) is 2.54. The SMILES string of the molecule is CCN1C(=O)CCc2cc(Nc3cc(C)c([N+](=O)[O-])cn3)ccc21. The quantitative estimate of drug-likeness (QED) is 0.687. The van der Waals surface area contributed by atoms with Gasteiger partial charge in [-0.2, -0.15) is 0 Å². The van der Waals surface area contributed by atoms with Crippen LogP contribution in [0.2, 0.25) is 0 Å². The molecule has 2 aromatic rings. The number of aromatic nitrogens is 1. The summed E-state index contributed by atoms with van der Waals surface area (Å²) in [6.45, 7) is 4.30. The molecule has 1 aliphatic heterocycles. The highest BCUT2D eigenvalue weighted by Gasteiger charge is 2.22. The summed E-state index contributed by atoms with van der Waals surface area (Å²) in [5.74, 6) is 0.704. The van der Waals surface area contributed by atoms with Crippen molar-refractivity contribution >= 4 is 28.8 Å². The number of carbonyl (C=O) groups excluding carboxylic acids is 1. The number of carbonyl (C=O) groups is 1. The lowest BCUT2D eigenvalue weighted by atomic mass is 10.0. The normalized spacial score (nSPS) is 13.6. The summed E-state index contributed by atoms with van der Waals surface area (Å²) in [6, 6.07) is 7.47. The number of fused-ring (bicyclic) bond motifs is 1. The molecule has 0 saturated heterocycles. The van der Waals surface area contributed by atoms with E-state index in [0.717, 1.165) is 16.9 Å². The largest absolute Gasteiger partial charge is 0.340 e. The number of aryl methyl sites for hydroxylation is 2. The number of nitrogens with one attached hydrogen (secondary N) is 1. The maximum Gasteiger partial charge on any atom is 0.290 e. The van der Waals surface area contributed by atoms with Crippen LogP contribution in [0.1, 0.15) is 24.5 Å². The molecule has 7 nitrogen and oxygen atoms in total. The molecular weight excluding hydrogens is 308 g/mol. The predicted octanol–water partition coefficient (Wildman–Crippen LogP) is 3.34.